The molecule has 1 fully saturated rings. The summed E-state index contributed by atoms with van der Waals surface area (Å²) in [6.07, 6.45) is 1.48. The number of ether oxygens (including phenoxy) is 1. The van der Waals surface area contributed by atoms with Gasteiger partial charge in [0.05, 0.1) is 13.2 Å². The van der Waals surface area contributed by atoms with Gasteiger partial charge in [-0.1, -0.05) is 0 Å². The summed E-state index contributed by atoms with van der Waals surface area (Å²) in [7, 11) is 0. The molecular formula is C10H14N4O3. The predicted molar refractivity (Wildman–Crippen MR) is 60.3 cm³/mol. The number of anilines is 1. The number of carbonyl (C=O) groups is 1. The van der Waals surface area contributed by atoms with Crippen molar-refractivity contribution in [2.24, 2.45) is 0 Å². The van der Waals surface area contributed by atoms with Crippen LogP contribution in [0.1, 0.15) is 0 Å². The van der Waals surface area contributed by atoms with Gasteiger partial charge in [-0.3, -0.25) is 9.36 Å². The number of carbonyl (C=O) groups excluding carboxylic acids is 1. The first kappa shape index (κ1) is 11.6. The first-order valence-electron chi connectivity index (χ1n) is 5.35. The number of morpholine rings is 1. The Bertz CT molecular complexity index is 465. The van der Waals surface area contributed by atoms with Crippen molar-refractivity contribution in [3.8, 4) is 0 Å². The summed E-state index contributed by atoms with van der Waals surface area (Å²) in [5.74, 6) is 0.0482. The summed E-state index contributed by atoms with van der Waals surface area (Å²) < 4.78 is 6.39. The van der Waals surface area contributed by atoms with E-state index in [2.05, 4.69) is 4.98 Å². The Kier molecular flexibility index (Phi) is 3.38. The zero-order chi connectivity index (χ0) is 12.3. The third kappa shape index (κ3) is 2.82. The Morgan fingerprint density at radius 3 is 2.82 bits per heavy atom. The molecule has 7 heteroatoms. The second-order valence-electron chi connectivity index (χ2n) is 3.76. The van der Waals surface area contributed by atoms with Crippen LogP contribution < -0.4 is 11.4 Å². The van der Waals surface area contributed by atoms with Crippen molar-refractivity contribution in [3.05, 3.63) is 22.7 Å². The Labute approximate surface area is 97.8 Å². The SMILES string of the molecule is Nc1ccn(CC(=O)N2CCOCC2)c(=O)n1. The van der Waals surface area contributed by atoms with Gasteiger partial charge in [-0.05, 0) is 6.07 Å². The van der Waals surface area contributed by atoms with E-state index in [-0.39, 0.29) is 18.3 Å². The van der Waals surface area contributed by atoms with Crippen LogP contribution in [0.15, 0.2) is 17.1 Å². The van der Waals surface area contributed by atoms with Gasteiger partial charge in [-0.25, -0.2) is 4.79 Å². The maximum Gasteiger partial charge on any atom is 0.349 e. The highest BCUT2D eigenvalue weighted by Crippen LogP contribution is 1.99. The zero-order valence-corrected chi connectivity index (χ0v) is 9.33. The Balaban J connectivity index is 2.04. The van der Waals surface area contributed by atoms with E-state index >= 15 is 0 Å². The standard InChI is InChI=1S/C10H14N4O3/c11-8-1-2-14(10(16)12-8)7-9(15)13-3-5-17-6-4-13/h1-2H,3-7H2,(H2,11,12,16). The van der Waals surface area contributed by atoms with Crippen LogP contribution in [-0.4, -0.2) is 46.7 Å². The average molecular weight is 238 g/mol. The number of nitrogens with zero attached hydrogens (tertiary/aromatic N) is 3. The lowest BCUT2D eigenvalue weighted by Crippen LogP contribution is -2.43. The summed E-state index contributed by atoms with van der Waals surface area (Å²) in [6, 6.07) is 1.49. The molecule has 92 valence electrons. The highest BCUT2D eigenvalue weighted by Gasteiger charge is 2.17. The molecule has 0 aliphatic carbocycles. The molecule has 1 amide bonds. The summed E-state index contributed by atoms with van der Waals surface area (Å²) in [4.78, 5) is 28.5. The number of aromatic nitrogens is 2. The largest absolute Gasteiger partial charge is 0.383 e. The lowest BCUT2D eigenvalue weighted by Gasteiger charge is -2.26. The average Bonchev–Trinajstić information content (AvgIpc) is 2.34. The van der Waals surface area contributed by atoms with Crippen molar-refractivity contribution >= 4 is 11.7 Å². The highest BCUT2D eigenvalue weighted by atomic mass is 16.5. The van der Waals surface area contributed by atoms with Crippen LogP contribution in [0.25, 0.3) is 0 Å². The van der Waals surface area contributed by atoms with Gasteiger partial charge in [0.1, 0.15) is 12.4 Å². The van der Waals surface area contributed by atoms with E-state index in [9.17, 15) is 9.59 Å². The van der Waals surface area contributed by atoms with Crippen LogP contribution >= 0.6 is 0 Å². The van der Waals surface area contributed by atoms with E-state index in [1.54, 1.807) is 4.90 Å². The molecule has 1 aliphatic heterocycles. The number of hydrogen-bond acceptors (Lipinski definition) is 5. The van der Waals surface area contributed by atoms with Crippen molar-refractivity contribution in [1.82, 2.24) is 14.5 Å². The van der Waals surface area contributed by atoms with Gasteiger partial charge in [-0.2, -0.15) is 4.98 Å². The van der Waals surface area contributed by atoms with Gasteiger partial charge in [0.15, 0.2) is 0 Å². The van der Waals surface area contributed by atoms with Crippen LogP contribution in [-0.2, 0) is 16.1 Å². The number of nitrogens with two attached hydrogens (primary N) is 1. The molecule has 1 aliphatic rings. The van der Waals surface area contributed by atoms with Crippen LogP contribution in [0.2, 0.25) is 0 Å². The minimum atomic E-state index is -0.508. The molecule has 2 heterocycles. The second kappa shape index (κ2) is 4.96. The van der Waals surface area contributed by atoms with E-state index in [4.69, 9.17) is 10.5 Å². The molecule has 0 saturated carbocycles. The van der Waals surface area contributed by atoms with Crippen molar-refractivity contribution < 1.29 is 9.53 Å². The van der Waals surface area contributed by atoms with Crippen molar-refractivity contribution in [1.29, 1.82) is 0 Å². The summed E-state index contributed by atoms with van der Waals surface area (Å²) in [5.41, 5.74) is 4.86. The fourth-order valence-corrected chi connectivity index (χ4v) is 1.62. The van der Waals surface area contributed by atoms with Gasteiger partial charge >= 0.3 is 5.69 Å². The second-order valence-corrected chi connectivity index (χ2v) is 3.76. The molecule has 0 atom stereocenters. The van der Waals surface area contributed by atoms with Crippen molar-refractivity contribution in [2.75, 3.05) is 32.0 Å². The smallest absolute Gasteiger partial charge is 0.349 e. The van der Waals surface area contributed by atoms with Crippen LogP contribution in [0.5, 0.6) is 0 Å². The lowest BCUT2D eigenvalue weighted by atomic mass is 10.4. The fraction of sp³-hybridized carbons (Fsp3) is 0.500. The van der Waals surface area contributed by atoms with E-state index in [1.807, 2.05) is 0 Å². The van der Waals surface area contributed by atoms with Gasteiger partial charge in [0.25, 0.3) is 0 Å². The maximum absolute atomic E-state index is 11.9. The third-order valence-electron chi connectivity index (χ3n) is 2.57. The summed E-state index contributed by atoms with van der Waals surface area (Å²) in [6.45, 7) is 2.21. The van der Waals surface area contributed by atoms with Crippen LogP contribution in [0.4, 0.5) is 5.82 Å². The minimum absolute atomic E-state index is 0.00782. The Morgan fingerprint density at radius 1 is 1.47 bits per heavy atom. The Morgan fingerprint density at radius 2 is 2.18 bits per heavy atom. The molecule has 0 radical (unpaired) electrons. The molecule has 1 saturated heterocycles. The molecule has 2 N–H and O–H groups in total. The van der Waals surface area contributed by atoms with Gasteiger partial charge in [0, 0.05) is 19.3 Å². The molecule has 1 aromatic rings. The summed E-state index contributed by atoms with van der Waals surface area (Å²) >= 11 is 0. The molecule has 0 spiro atoms. The molecule has 7 nitrogen and oxygen atoms in total. The van der Waals surface area contributed by atoms with Gasteiger partial charge < -0.3 is 15.4 Å². The van der Waals surface area contributed by atoms with Crippen LogP contribution in [0.3, 0.4) is 0 Å². The topological polar surface area (TPSA) is 90.5 Å². The molecule has 0 aromatic carbocycles. The highest BCUT2D eigenvalue weighted by molar-refractivity contribution is 5.76. The number of nitrogen functional groups attached to an aromatic ring is 1. The first-order valence-corrected chi connectivity index (χ1v) is 5.35. The fourth-order valence-electron chi connectivity index (χ4n) is 1.62. The van der Waals surface area contributed by atoms with E-state index in [0.29, 0.717) is 26.3 Å². The quantitative estimate of drug-likeness (QED) is 0.690. The number of hydrogen-bond donors (Lipinski definition) is 1. The Hall–Kier alpha value is -1.89. The molecule has 17 heavy (non-hydrogen) atoms. The van der Waals surface area contributed by atoms with E-state index < -0.39 is 5.69 Å². The van der Waals surface area contributed by atoms with Crippen molar-refractivity contribution in [2.45, 2.75) is 6.54 Å². The maximum atomic E-state index is 11.9. The minimum Gasteiger partial charge on any atom is -0.383 e. The predicted octanol–water partition coefficient (Wildman–Crippen LogP) is -1.32. The molecular weight excluding hydrogens is 224 g/mol. The van der Waals surface area contributed by atoms with Gasteiger partial charge in [-0.15, -0.1) is 0 Å². The molecule has 1 aromatic heterocycles. The van der Waals surface area contributed by atoms with E-state index in [1.165, 1.54) is 16.8 Å². The monoisotopic (exact) mass is 238 g/mol. The first-order chi connectivity index (χ1) is 8.16. The zero-order valence-electron chi connectivity index (χ0n) is 9.33. The lowest BCUT2D eigenvalue weighted by molar-refractivity contribution is -0.135. The van der Waals surface area contributed by atoms with Crippen LogP contribution in [0, 0.1) is 0 Å². The van der Waals surface area contributed by atoms with Crippen molar-refractivity contribution in [3.63, 3.8) is 0 Å². The van der Waals surface area contributed by atoms with E-state index in [0.717, 1.165) is 0 Å². The molecule has 0 bridgehead atoms. The molecule has 0 unspecified atom stereocenters. The van der Waals surface area contributed by atoms with Gasteiger partial charge in [0.2, 0.25) is 5.91 Å². The summed E-state index contributed by atoms with van der Waals surface area (Å²) in [5, 5.41) is 0. The normalized spacial score (nSPS) is 15.9. The number of rotatable bonds is 2. The number of amides is 1. The molecule has 2 rings (SSSR count). The third-order valence-corrected chi connectivity index (χ3v) is 2.57.